The number of nitrogens with zero attached hydrogens (tertiary/aromatic N) is 1. The van der Waals surface area contributed by atoms with Gasteiger partial charge in [-0.2, -0.15) is 0 Å². The molecule has 0 bridgehead atoms. The standard InChI is InChI=1S/C31H42INO5/c1-8-11-38-29-20(32)13-19(14-25(29)37-7)26-27-21(15-30(2,3)17-23(27)34)33(10-9-12-36-6)22-16-31(4,5)18-24(35)28(22)26/h13-14,26H,8-12,15-18H2,1-7H3. The van der Waals surface area contributed by atoms with Gasteiger partial charge in [-0.25, -0.2) is 0 Å². The molecule has 6 nitrogen and oxygen atoms in total. The van der Waals surface area contributed by atoms with Crippen molar-refractivity contribution in [3.8, 4) is 11.5 Å². The Morgan fingerprint density at radius 1 is 0.921 bits per heavy atom. The number of carbonyl (C=O) groups is 2. The van der Waals surface area contributed by atoms with Crippen molar-refractivity contribution >= 4 is 34.2 Å². The molecule has 2 aliphatic carbocycles. The molecule has 1 aromatic rings. The van der Waals surface area contributed by atoms with Gasteiger partial charge in [-0.15, -0.1) is 0 Å². The van der Waals surface area contributed by atoms with Crippen LogP contribution in [0.25, 0.3) is 0 Å². The lowest BCUT2D eigenvalue weighted by Crippen LogP contribution is -2.44. The molecule has 0 saturated carbocycles. The highest BCUT2D eigenvalue weighted by Crippen LogP contribution is 2.55. The van der Waals surface area contributed by atoms with Gasteiger partial charge in [0.2, 0.25) is 0 Å². The average Bonchev–Trinajstić information content (AvgIpc) is 2.81. The molecule has 0 fully saturated rings. The van der Waals surface area contributed by atoms with Crippen LogP contribution in [0.2, 0.25) is 0 Å². The Bertz CT molecular complexity index is 1120. The zero-order valence-electron chi connectivity index (χ0n) is 24.0. The average molecular weight is 636 g/mol. The predicted octanol–water partition coefficient (Wildman–Crippen LogP) is 6.81. The van der Waals surface area contributed by atoms with Crippen molar-refractivity contribution in [1.82, 2.24) is 4.90 Å². The van der Waals surface area contributed by atoms with Crippen LogP contribution in [0.1, 0.15) is 84.6 Å². The summed E-state index contributed by atoms with van der Waals surface area (Å²) in [5.74, 6) is 1.24. The first-order chi connectivity index (χ1) is 17.9. The zero-order valence-corrected chi connectivity index (χ0v) is 26.1. The largest absolute Gasteiger partial charge is 0.493 e. The first-order valence-electron chi connectivity index (χ1n) is 13.7. The van der Waals surface area contributed by atoms with Crippen LogP contribution in [0.15, 0.2) is 34.7 Å². The van der Waals surface area contributed by atoms with E-state index in [1.165, 1.54) is 0 Å². The third kappa shape index (κ3) is 5.69. The SMILES string of the molecule is CCCOc1c(I)cc(C2C3=C(CC(C)(C)CC3=O)N(CCCOC)C3=C2C(=O)CC(C)(C)C3)cc1OC. The second-order valence-electron chi connectivity index (χ2n) is 12.4. The van der Waals surface area contributed by atoms with E-state index < -0.39 is 5.92 Å². The van der Waals surface area contributed by atoms with Crippen molar-refractivity contribution in [3.05, 3.63) is 43.8 Å². The Morgan fingerprint density at radius 2 is 1.50 bits per heavy atom. The van der Waals surface area contributed by atoms with Gasteiger partial charge in [0, 0.05) is 61.6 Å². The summed E-state index contributed by atoms with van der Waals surface area (Å²) < 4.78 is 18.1. The van der Waals surface area contributed by atoms with Gasteiger partial charge in [0.1, 0.15) is 0 Å². The Hall–Kier alpha value is -1.87. The summed E-state index contributed by atoms with van der Waals surface area (Å²) in [4.78, 5) is 30.2. The van der Waals surface area contributed by atoms with Crippen LogP contribution in [-0.2, 0) is 14.3 Å². The smallest absolute Gasteiger partial charge is 0.174 e. The van der Waals surface area contributed by atoms with Crippen molar-refractivity contribution in [2.75, 3.05) is 34.0 Å². The van der Waals surface area contributed by atoms with Crippen molar-refractivity contribution < 1.29 is 23.8 Å². The molecule has 1 heterocycles. The molecule has 38 heavy (non-hydrogen) atoms. The Morgan fingerprint density at radius 3 is 2.00 bits per heavy atom. The molecule has 0 saturated heterocycles. The van der Waals surface area contributed by atoms with Gasteiger partial charge in [-0.05, 0) is 76.8 Å². The zero-order chi connectivity index (χ0) is 27.8. The van der Waals surface area contributed by atoms with Gasteiger partial charge in [-0.1, -0.05) is 34.6 Å². The van der Waals surface area contributed by atoms with E-state index in [1.54, 1.807) is 14.2 Å². The highest BCUT2D eigenvalue weighted by atomic mass is 127. The van der Waals surface area contributed by atoms with Crippen LogP contribution in [0, 0.1) is 14.4 Å². The molecule has 7 heteroatoms. The maximum Gasteiger partial charge on any atom is 0.174 e. The van der Waals surface area contributed by atoms with Crippen molar-refractivity contribution in [1.29, 1.82) is 0 Å². The highest BCUT2D eigenvalue weighted by molar-refractivity contribution is 14.1. The second-order valence-corrected chi connectivity index (χ2v) is 13.6. The number of ether oxygens (including phenoxy) is 3. The molecule has 4 rings (SSSR count). The number of halogens is 1. The molecule has 0 radical (unpaired) electrons. The fourth-order valence-corrected chi connectivity index (χ4v) is 7.05. The Balaban J connectivity index is 1.96. The first-order valence-corrected chi connectivity index (χ1v) is 14.8. The van der Waals surface area contributed by atoms with Gasteiger partial charge >= 0.3 is 0 Å². The quantitative estimate of drug-likeness (QED) is 0.220. The summed E-state index contributed by atoms with van der Waals surface area (Å²) in [6.45, 7) is 12.7. The van der Waals surface area contributed by atoms with Crippen molar-refractivity contribution in [2.45, 2.75) is 79.1 Å². The highest BCUT2D eigenvalue weighted by Gasteiger charge is 2.49. The lowest BCUT2D eigenvalue weighted by atomic mass is 9.63. The van der Waals surface area contributed by atoms with E-state index in [0.29, 0.717) is 37.6 Å². The second kappa shape index (κ2) is 11.3. The summed E-state index contributed by atoms with van der Waals surface area (Å²) in [6, 6.07) is 4.06. The van der Waals surface area contributed by atoms with Crippen LogP contribution in [-0.4, -0.2) is 50.4 Å². The summed E-state index contributed by atoms with van der Waals surface area (Å²) >= 11 is 2.28. The fourth-order valence-electron chi connectivity index (χ4n) is 6.27. The minimum atomic E-state index is -0.395. The van der Waals surface area contributed by atoms with Gasteiger partial charge in [0.25, 0.3) is 0 Å². The van der Waals surface area contributed by atoms with Crippen LogP contribution in [0.4, 0.5) is 0 Å². The lowest BCUT2D eigenvalue weighted by molar-refractivity contribution is -0.119. The topological polar surface area (TPSA) is 65.1 Å². The van der Waals surface area contributed by atoms with Gasteiger partial charge in [0.15, 0.2) is 23.1 Å². The molecule has 0 amide bonds. The lowest BCUT2D eigenvalue weighted by Gasteiger charge is -2.49. The van der Waals surface area contributed by atoms with E-state index in [-0.39, 0.29) is 22.4 Å². The molecular weight excluding hydrogens is 593 g/mol. The van der Waals surface area contributed by atoms with Crippen molar-refractivity contribution in [3.63, 3.8) is 0 Å². The molecule has 0 spiro atoms. The van der Waals surface area contributed by atoms with Crippen LogP contribution in [0.5, 0.6) is 11.5 Å². The van der Waals surface area contributed by atoms with Gasteiger partial charge in [0.05, 0.1) is 17.3 Å². The van der Waals surface area contributed by atoms with Crippen molar-refractivity contribution in [2.24, 2.45) is 10.8 Å². The van der Waals surface area contributed by atoms with E-state index in [0.717, 1.165) is 63.9 Å². The van der Waals surface area contributed by atoms with E-state index in [9.17, 15) is 9.59 Å². The summed E-state index contributed by atoms with van der Waals surface area (Å²) in [5, 5.41) is 0. The number of allylic oxidation sites excluding steroid dienone is 4. The summed E-state index contributed by atoms with van der Waals surface area (Å²) in [7, 11) is 3.36. The molecule has 208 valence electrons. The fraction of sp³-hybridized carbons (Fsp3) is 0.613. The van der Waals surface area contributed by atoms with E-state index in [2.05, 4.69) is 68.2 Å². The maximum atomic E-state index is 14.0. The first kappa shape index (κ1) is 29.1. The minimum Gasteiger partial charge on any atom is -0.493 e. The monoisotopic (exact) mass is 635 g/mol. The van der Waals surface area contributed by atoms with Gasteiger partial charge in [-0.3, -0.25) is 9.59 Å². The molecule has 0 unspecified atom stereocenters. The number of Topliss-reactive ketones (excluding diaryl/α,β-unsaturated/α-hetero) is 2. The third-order valence-corrected chi connectivity index (χ3v) is 8.59. The summed E-state index contributed by atoms with van der Waals surface area (Å²) in [5.41, 5.74) is 4.37. The molecular formula is C31H42INO5. The van der Waals surface area contributed by atoms with E-state index in [1.807, 2.05) is 6.07 Å². The van der Waals surface area contributed by atoms with E-state index >= 15 is 0 Å². The third-order valence-electron chi connectivity index (χ3n) is 7.79. The molecule has 0 atom stereocenters. The van der Waals surface area contributed by atoms with Crippen LogP contribution < -0.4 is 9.47 Å². The number of carbonyl (C=O) groups excluding carboxylic acids is 2. The molecule has 1 aromatic carbocycles. The van der Waals surface area contributed by atoms with Crippen LogP contribution >= 0.6 is 22.6 Å². The summed E-state index contributed by atoms with van der Waals surface area (Å²) in [6.07, 6.45) is 4.27. The molecule has 3 aliphatic rings. The Kier molecular flexibility index (Phi) is 8.67. The normalized spacial score (nSPS) is 21.0. The number of methoxy groups -OCH3 is 2. The predicted molar refractivity (Wildman–Crippen MR) is 158 cm³/mol. The van der Waals surface area contributed by atoms with Crippen LogP contribution in [0.3, 0.4) is 0 Å². The van der Waals surface area contributed by atoms with Gasteiger partial charge < -0.3 is 19.1 Å². The minimum absolute atomic E-state index is 0.141. The maximum absolute atomic E-state index is 14.0. The number of ketones is 2. The molecule has 1 aliphatic heterocycles. The number of hydrogen-bond acceptors (Lipinski definition) is 6. The number of rotatable bonds is 9. The molecule has 0 N–H and O–H groups in total. The number of hydrogen-bond donors (Lipinski definition) is 0. The number of benzene rings is 1. The Labute approximate surface area is 241 Å². The van der Waals surface area contributed by atoms with E-state index in [4.69, 9.17) is 14.2 Å². The molecule has 0 aromatic heterocycles.